The van der Waals surface area contributed by atoms with E-state index < -0.39 is 0 Å². The summed E-state index contributed by atoms with van der Waals surface area (Å²) in [6.07, 6.45) is 2.45. The molecule has 2 atom stereocenters. The Labute approximate surface area is 129 Å². The number of hydrogen-bond donors (Lipinski definition) is 1. The standard InChI is InChI=1S/C18H17NOS/c1-2-16(14-9-5-3-6-10-14)18(13-17(20)19-18)21-15-11-7-4-8-12-15/h2-12,16H,1,13H2,(H,19,20). The molecule has 1 amide bonds. The molecule has 1 fully saturated rings. The Morgan fingerprint density at radius 2 is 1.67 bits per heavy atom. The highest BCUT2D eigenvalue weighted by Gasteiger charge is 2.49. The van der Waals surface area contributed by atoms with Crippen LogP contribution in [0.25, 0.3) is 0 Å². The summed E-state index contributed by atoms with van der Waals surface area (Å²) in [6, 6.07) is 20.4. The molecule has 2 aromatic carbocycles. The molecule has 1 N–H and O–H groups in total. The van der Waals surface area contributed by atoms with Crippen molar-refractivity contribution in [2.24, 2.45) is 0 Å². The monoisotopic (exact) mass is 295 g/mol. The first kappa shape index (κ1) is 14.0. The summed E-state index contributed by atoms with van der Waals surface area (Å²) in [5, 5.41) is 3.11. The van der Waals surface area contributed by atoms with Crippen LogP contribution in [0.15, 0.2) is 78.2 Å². The molecule has 0 bridgehead atoms. The van der Waals surface area contributed by atoms with Crippen molar-refractivity contribution >= 4 is 17.7 Å². The van der Waals surface area contributed by atoms with Crippen LogP contribution in [-0.2, 0) is 4.79 Å². The maximum Gasteiger partial charge on any atom is 0.224 e. The van der Waals surface area contributed by atoms with Crippen molar-refractivity contribution in [1.29, 1.82) is 0 Å². The molecule has 0 spiro atoms. The minimum atomic E-state index is -0.332. The van der Waals surface area contributed by atoms with Crippen LogP contribution < -0.4 is 5.32 Å². The molecule has 1 saturated heterocycles. The molecule has 0 radical (unpaired) electrons. The molecule has 2 aromatic rings. The molecule has 3 heteroatoms. The van der Waals surface area contributed by atoms with Crippen LogP contribution in [0, 0.1) is 0 Å². The van der Waals surface area contributed by atoms with E-state index in [0.717, 1.165) is 4.90 Å². The second-order valence-electron chi connectivity index (χ2n) is 5.15. The van der Waals surface area contributed by atoms with Gasteiger partial charge < -0.3 is 5.32 Å². The van der Waals surface area contributed by atoms with E-state index in [1.807, 2.05) is 42.5 Å². The van der Waals surface area contributed by atoms with Crippen molar-refractivity contribution < 1.29 is 4.79 Å². The number of hydrogen-bond acceptors (Lipinski definition) is 2. The van der Waals surface area contributed by atoms with Crippen molar-refractivity contribution in [1.82, 2.24) is 5.32 Å². The molecule has 0 saturated carbocycles. The van der Waals surface area contributed by atoms with Gasteiger partial charge in [0.05, 0.1) is 6.42 Å². The van der Waals surface area contributed by atoms with Gasteiger partial charge in [0, 0.05) is 10.8 Å². The lowest BCUT2D eigenvalue weighted by Gasteiger charge is -2.46. The summed E-state index contributed by atoms with van der Waals surface area (Å²) in [5.74, 6) is 0.183. The predicted molar refractivity (Wildman–Crippen MR) is 87.2 cm³/mol. The molecular formula is C18H17NOS. The Hall–Kier alpha value is -2.00. The van der Waals surface area contributed by atoms with Gasteiger partial charge in [0.25, 0.3) is 0 Å². The maximum atomic E-state index is 11.6. The number of nitrogens with one attached hydrogen (secondary N) is 1. The molecule has 3 rings (SSSR count). The largest absolute Gasteiger partial charge is 0.340 e. The smallest absolute Gasteiger partial charge is 0.224 e. The molecule has 21 heavy (non-hydrogen) atoms. The van der Waals surface area contributed by atoms with Gasteiger partial charge in [-0.25, -0.2) is 0 Å². The van der Waals surface area contributed by atoms with Gasteiger partial charge in [-0.1, -0.05) is 66.4 Å². The molecule has 1 aliphatic rings. The highest BCUT2D eigenvalue weighted by molar-refractivity contribution is 8.00. The quantitative estimate of drug-likeness (QED) is 0.668. The van der Waals surface area contributed by atoms with Gasteiger partial charge in [0.15, 0.2) is 0 Å². The topological polar surface area (TPSA) is 29.1 Å². The van der Waals surface area contributed by atoms with Gasteiger partial charge in [-0.3, -0.25) is 4.79 Å². The minimum Gasteiger partial charge on any atom is -0.340 e. The van der Waals surface area contributed by atoms with E-state index in [0.29, 0.717) is 6.42 Å². The Kier molecular flexibility index (Phi) is 3.84. The van der Waals surface area contributed by atoms with E-state index in [2.05, 4.69) is 36.2 Å². The van der Waals surface area contributed by atoms with Gasteiger partial charge >= 0.3 is 0 Å². The Morgan fingerprint density at radius 1 is 1.10 bits per heavy atom. The van der Waals surface area contributed by atoms with E-state index in [1.165, 1.54) is 5.56 Å². The van der Waals surface area contributed by atoms with Crippen molar-refractivity contribution in [3.8, 4) is 0 Å². The molecule has 2 unspecified atom stereocenters. The summed E-state index contributed by atoms with van der Waals surface area (Å²) in [4.78, 5) is 12.4. The molecule has 1 heterocycles. The van der Waals surface area contributed by atoms with Crippen molar-refractivity contribution in [3.05, 3.63) is 78.9 Å². The summed E-state index contributed by atoms with van der Waals surface area (Å²) in [5.41, 5.74) is 1.18. The van der Waals surface area contributed by atoms with Crippen LogP contribution in [0.4, 0.5) is 0 Å². The first-order valence-corrected chi connectivity index (χ1v) is 7.78. The Bertz CT molecular complexity index is 631. The molecule has 1 aliphatic heterocycles. The summed E-state index contributed by atoms with van der Waals surface area (Å²) in [7, 11) is 0. The first-order chi connectivity index (χ1) is 10.2. The first-order valence-electron chi connectivity index (χ1n) is 6.96. The van der Waals surface area contributed by atoms with Gasteiger partial charge in [-0.15, -0.1) is 6.58 Å². The molecule has 2 nitrogen and oxygen atoms in total. The fourth-order valence-corrected chi connectivity index (χ4v) is 4.17. The Balaban J connectivity index is 1.93. The summed E-state index contributed by atoms with van der Waals surface area (Å²) < 4.78 is 0. The fourth-order valence-electron chi connectivity index (χ4n) is 2.72. The van der Waals surface area contributed by atoms with Crippen LogP contribution in [-0.4, -0.2) is 10.8 Å². The molecule has 106 valence electrons. The molecular weight excluding hydrogens is 278 g/mol. The van der Waals surface area contributed by atoms with Gasteiger partial charge in [-0.05, 0) is 17.7 Å². The number of thioether (sulfide) groups is 1. The number of β-lactam (4-membered cyclic amide) rings is 1. The second kappa shape index (κ2) is 5.78. The van der Waals surface area contributed by atoms with Gasteiger partial charge in [-0.2, -0.15) is 0 Å². The number of benzene rings is 2. The zero-order valence-electron chi connectivity index (χ0n) is 11.7. The average Bonchev–Trinajstić information content (AvgIpc) is 2.49. The lowest BCUT2D eigenvalue weighted by Crippen LogP contribution is -2.61. The van der Waals surface area contributed by atoms with E-state index >= 15 is 0 Å². The zero-order valence-corrected chi connectivity index (χ0v) is 12.5. The SMILES string of the molecule is C=CC(c1ccccc1)C1(Sc2ccccc2)CC(=O)N1. The Morgan fingerprint density at radius 3 is 2.19 bits per heavy atom. The van der Waals surface area contributed by atoms with Crippen LogP contribution in [0.5, 0.6) is 0 Å². The van der Waals surface area contributed by atoms with Crippen LogP contribution in [0.2, 0.25) is 0 Å². The van der Waals surface area contributed by atoms with Crippen molar-refractivity contribution in [2.75, 3.05) is 0 Å². The van der Waals surface area contributed by atoms with Crippen LogP contribution >= 0.6 is 11.8 Å². The van der Waals surface area contributed by atoms with Crippen LogP contribution in [0.3, 0.4) is 0 Å². The molecule has 0 aliphatic carbocycles. The number of rotatable bonds is 5. The normalized spacial score (nSPS) is 22.0. The predicted octanol–water partition coefficient (Wildman–Crippen LogP) is 3.96. The lowest BCUT2D eigenvalue weighted by molar-refractivity contribution is -0.129. The van der Waals surface area contributed by atoms with E-state index in [1.54, 1.807) is 11.8 Å². The van der Waals surface area contributed by atoms with Gasteiger partial charge in [0.2, 0.25) is 5.91 Å². The van der Waals surface area contributed by atoms with E-state index in [-0.39, 0.29) is 16.7 Å². The fraction of sp³-hybridized carbons (Fsp3) is 0.167. The third-order valence-corrected chi connectivity index (χ3v) is 5.09. The van der Waals surface area contributed by atoms with E-state index in [4.69, 9.17) is 0 Å². The third kappa shape index (κ3) is 2.74. The van der Waals surface area contributed by atoms with Gasteiger partial charge in [0.1, 0.15) is 4.87 Å². The number of amides is 1. The van der Waals surface area contributed by atoms with Crippen molar-refractivity contribution in [3.63, 3.8) is 0 Å². The second-order valence-corrected chi connectivity index (χ2v) is 6.56. The summed E-state index contributed by atoms with van der Waals surface area (Å²) in [6.45, 7) is 3.99. The lowest BCUT2D eigenvalue weighted by atomic mass is 9.84. The zero-order chi connectivity index (χ0) is 14.7. The van der Waals surface area contributed by atoms with Crippen molar-refractivity contribution in [2.45, 2.75) is 22.1 Å². The third-order valence-electron chi connectivity index (χ3n) is 3.71. The average molecular weight is 295 g/mol. The highest BCUT2D eigenvalue weighted by atomic mass is 32.2. The van der Waals surface area contributed by atoms with E-state index in [9.17, 15) is 4.79 Å². The van der Waals surface area contributed by atoms with Crippen LogP contribution in [0.1, 0.15) is 17.9 Å². The number of carbonyl (C=O) groups excluding carboxylic acids is 1. The number of carbonyl (C=O) groups is 1. The summed E-state index contributed by atoms with van der Waals surface area (Å²) >= 11 is 1.71. The maximum absolute atomic E-state index is 11.6. The highest BCUT2D eigenvalue weighted by Crippen LogP contribution is 2.48. The molecule has 0 aromatic heterocycles. The minimum absolute atomic E-state index is 0.0848.